The summed E-state index contributed by atoms with van der Waals surface area (Å²) in [7, 11) is 1.61. The molecule has 1 aromatic carbocycles. The first-order chi connectivity index (χ1) is 9.17. The van der Waals surface area contributed by atoms with E-state index in [1.165, 1.54) is 0 Å². The normalized spacial score (nSPS) is 18.3. The van der Waals surface area contributed by atoms with Crippen molar-refractivity contribution in [3.05, 3.63) is 34.2 Å². The minimum Gasteiger partial charge on any atom is -0.496 e. The Morgan fingerprint density at radius 1 is 1.58 bits per heavy atom. The molecule has 1 aliphatic heterocycles. The summed E-state index contributed by atoms with van der Waals surface area (Å²) >= 11 is 0. The Morgan fingerprint density at radius 3 is 3.05 bits per heavy atom. The number of azide groups is 1. The van der Waals surface area contributed by atoms with Crippen molar-refractivity contribution < 1.29 is 9.53 Å². The number of methoxy groups -OCH3 is 1. The van der Waals surface area contributed by atoms with Gasteiger partial charge in [-0.3, -0.25) is 4.79 Å². The van der Waals surface area contributed by atoms with Crippen LogP contribution in [-0.2, 0) is 4.79 Å². The fraction of sp³-hybridized carbons (Fsp3) is 0.462. The zero-order chi connectivity index (χ0) is 13.8. The zero-order valence-electron chi connectivity index (χ0n) is 11.0. The molecule has 0 bridgehead atoms. The van der Waals surface area contributed by atoms with Gasteiger partial charge in [-0.25, -0.2) is 0 Å². The number of carbonyl (C=O) groups excluding carboxylic acids is 1. The van der Waals surface area contributed by atoms with Crippen LogP contribution in [0.15, 0.2) is 23.3 Å². The van der Waals surface area contributed by atoms with Crippen molar-refractivity contribution in [2.75, 3.05) is 25.1 Å². The molecule has 1 fully saturated rings. The molecule has 0 spiro atoms. The predicted octanol–water partition coefficient (Wildman–Crippen LogP) is 2.67. The highest BCUT2D eigenvalue weighted by atomic mass is 16.5. The van der Waals surface area contributed by atoms with Crippen molar-refractivity contribution in [2.45, 2.75) is 13.3 Å². The highest BCUT2D eigenvalue weighted by Crippen LogP contribution is 2.32. The van der Waals surface area contributed by atoms with Crippen LogP contribution in [0.3, 0.4) is 0 Å². The van der Waals surface area contributed by atoms with Gasteiger partial charge in [-0.2, -0.15) is 0 Å². The molecule has 1 atom stereocenters. The third-order valence-corrected chi connectivity index (χ3v) is 3.37. The zero-order valence-corrected chi connectivity index (χ0v) is 11.0. The van der Waals surface area contributed by atoms with Gasteiger partial charge < -0.3 is 9.64 Å². The molecule has 1 unspecified atom stereocenters. The molecule has 19 heavy (non-hydrogen) atoms. The SMILES string of the molecule is COc1cccc(N2CC(CN=[N+]=[N-])CC2=O)c1C. The fourth-order valence-electron chi connectivity index (χ4n) is 2.41. The van der Waals surface area contributed by atoms with Gasteiger partial charge in [0.2, 0.25) is 5.91 Å². The molecule has 0 aromatic heterocycles. The monoisotopic (exact) mass is 260 g/mol. The van der Waals surface area contributed by atoms with E-state index in [1.807, 2.05) is 25.1 Å². The van der Waals surface area contributed by atoms with Crippen molar-refractivity contribution in [1.29, 1.82) is 0 Å². The lowest BCUT2D eigenvalue weighted by atomic mass is 10.1. The van der Waals surface area contributed by atoms with Crippen molar-refractivity contribution >= 4 is 11.6 Å². The van der Waals surface area contributed by atoms with E-state index < -0.39 is 0 Å². The molecule has 1 heterocycles. The number of ether oxygens (including phenoxy) is 1. The van der Waals surface area contributed by atoms with Gasteiger partial charge in [0.15, 0.2) is 0 Å². The molecule has 6 nitrogen and oxygen atoms in total. The number of hydrogen-bond donors (Lipinski definition) is 0. The van der Waals surface area contributed by atoms with Crippen molar-refractivity contribution in [3.63, 3.8) is 0 Å². The second-order valence-corrected chi connectivity index (χ2v) is 4.59. The Morgan fingerprint density at radius 2 is 2.37 bits per heavy atom. The molecule has 0 radical (unpaired) electrons. The van der Waals surface area contributed by atoms with Gasteiger partial charge in [-0.1, -0.05) is 11.2 Å². The molecule has 0 aliphatic carbocycles. The smallest absolute Gasteiger partial charge is 0.227 e. The van der Waals surface area contributed by atoms with Crippen LogP contribution in [0.2, 0.25) is 0 Å². The maximum atomic E-state index is 12.1. The van der Waals surface area contributed by atoms with Gasteiger partial charge in [0.25, 0.3) is 0 Å². The first kappa shape index (κ1) is 13.2. The van der Waals surface area contributed by atoms with Crippen LogP contribution in [0.1, 0.15) is 12.0 Å². The minimum absolute atomic E-state index is 0.0643. The first-order valence-electron chi connectivity index (χ1n) is 6.12. The summed E-state index contributed by atoms with van der Waals surface area (Å²) in [6, 6.07) is 5.65. The fourth-order valence-corrected chi connectivity index (χ4v) is 2.41. The Labute approximate surface area is 111 Å². The van der Waals surface area contributed by atoms with Crippen LogP contribution >= 0.6 is 0 Å². The molecule has 1 aromatic rings. The van der Waals surface area contributed by atoms with E-state index in [1.54, 1.807) is 12.0 Å². The highest BCUT2D eigenvalue weighted by Gasteiger charge is 2.31. The Kier molecular flexibility index (Phi) is 3.92. The van der Waals surface area contributed by atoms with Crippen molar-refractivity contribution in [3.8, 4) is 5.75 Å². The summed E-state index contributed by atoms with van der Waals surface area (Å²) in [6.45, 7) is 2.88. The molecular weight excluding hydrogens is 244 g/mol. The number of amides is 1. The first-order valence-corrected chi connectivity index (χ1v) is 6.12. The topological polar surface area (TPSA) is 78.3 Å². The lowest BCUT2D eigenvalue weighted by molar-refractivity contribution is -0.117. The van der Waals surface area contributed by atoms with E-state index in [4.69, 9.17) is 10.3 Å². The Hall–Kier alpha value is -2.20. The summed E-state index contributed by atoms with van der Waals surface area (Å²) in [5.74, 6) is 0.923. The maximum Gasteiger partial charge on any atom is 0.227 e. The molecule has 0 saturated carbocycles. The molecule has 2 rings (SSSR count). The molecule has 1 amide bonds. The lowest BCUT2D eigenvalue weighted by Crippen LogP contribution is -2.25. The average molecular weight is 260 g/mol. The van der Waals surface area contributed by atoms with Crippen molar-refractivity contribution in [1.82, 2.24) is 0 Å². The molecule has 100 valence electrons. The summed E-state index contributed by atoms with van der Waals surface area (Å²) in [6.07, 6.45) is 0.426. The Balaban J connectivity index is 2.23. The lowest BCUT2D eigenvalue weighted by Gasteiger charge is -2.20. The van der Waals surface area contributed by atoms with E-state index in [2.05, 4.69) is 10.0 Å². The van der Waals surface area contributed by atoms with Gasteiger partial charge in [0, 0.05) is 30.0 Å². The second-order valence-electron chi connectivity index (χ2n) is 4.59. The third-order valence-electron chi connectivity index (χ3n) is 3.37. The van der Waals surface area contributed by atoms with Crippen LogP contribution < -0.4 is 9.64 Å². The molecular formula is C13H16N4O2. The number of anilines is 1. The molecule has 1 saturated heterocycles. The van der Waals surface area contributed by atoms with Crippen molar-refractivity contribution in [2.24, 2.45) is 11.0 Å². The van der Waals surface area contributed by atoms with Gasteiger partial charge in [-0.05, 0) is 30.5 Å². The van der Waals surface area contributed by atoms with E-state index in [-0.39, 0.29) is 11.8 Å². The predicted molar refractivity (Wildman–Crippen MR) is 72.2 cm³/mol. The number of hydrogen-bond acceptors (Lipinski definition) is 3. The van der Waals surface area contributed by atoms with Crippen LogP contribution in [0.5, 0.6) is 5.75 Å². The average Bonchev–Trinajstić information content (AvgIpc) is 2.78. The number of nitrogens with zero attached hydrogens (tertiary/aromatic N) is 4. The molecule has 1 aliphatic rings. The van der Waals surface area contributed by atoms with E-state index >= 15 is 0 Å². The standard InChI is InChI=1S/C13H16N4O2/c1-9-11(4-3-5-12(9)19-2)17-8-10(6-13(17)18)7-15-16-14/h3-5,10H,6-8H2,1-2H3. The van der Waals surface area contributed by atoms with Gasteiger partial charge in [0.1, 0.15) is 5.75 Å². The number of rotatable bonds is 4. The van der Waals surface area contributed by atoms with E-state index in [9.17, 15) is 4.79 Å². The van der Waals surface area contributed by atoms with Gasteiger partial charge in [-0.15, -0.1) is 0 Å². The molecule has 0 N–H and O–H groups in total. The highest BCUT2D eigenvalue weighted by molar-refractivity contribution is 5.96. The quantitative estimate of drug-likeness (QED) is 0.474. The number of benzene rings is 1. The number of carbonyl (C=O) groups is 1. The van der Waals surface area contributed by atoms with E-state index in [0.29, 0.717) is 19.5 Å². The second kappa shape index (κ2) is 5.63. The van der Waals surface area contributed by atoms with Crippen LogP contribution in [0, 0.1) is 12.8 Å². The van der Waals surface area contributed by atoms with Crippen LogP contribution in [0.4, 0.5) is 5.69 Å². The summed E-state index contributed by atoms with van der Waals surface area (Å²) < 4.78 is 5.27. The summed E-state index contributed by atoms with van der Waals surface area (Å²) in [5, 5.41) is 3.55. The molecule has 6 heteroatoms. The van der Waals surface area contributed by atoms with Gasteiger partial charge in [0.05, 0.1) is 12.8 Å². The summed E-state index contributed by atoms with van der Waals surface area (Å²) in [4.78, 5) is 16.5. The Bertz CT molecular complexity index is 537. The maximum absolute atomic E-state index is 12.1. The third kappa shape index (κ3) is 2.63. The van der Waals surface area contributed by atoms with Crippen LogP contribution in [-0.4, -0.2) is 26.1 Å². The largest absolute Gasteiger partial charge is 0.496 e. The van der Waals surface area contributed by atoms with E-state index in [0.717, 1.165) is 17.0 Å². The summed E-state index contributed by atoms with van der Waals surface area (Å²) in [5.41, 5.74) is 10.1. The minimum atomic E-state index is 0.0643. The van der Waals surface area contributed by atoms with Gasteiger partial charge >= 0.3 is 0 Å². The van der Waals surface area contributed by atoms with Crippen LogP contribution in [0.25, 0.3) is 10.4 Å².